The van der Waals surface area contributed by atoms with E-state index in [0.29, 0.717) is 19.6 Å². The number of hydrogen-bond acceptors (Lipinski definition) is 5. The molecule has 1 unspecified atom stereocenters. The lowest BCUT2D eigenvalue weighted by molar-refractivity contribution is -0.145. The Morgan fingerprint density at radius 2 is 2.05 bits per heavy atom. The molecule has 0 bridgehead atoms. The quantitative estimate of drug-likeness (QED) is 0.581. The first kappa shape index (κ1) is 16.5. The van der Waals surface area contributed by atoms with Crippen molar-refractivity contribution in [2.45, 2.75) is 44.9 Å². The van der Waals surface area contributed by atoms with E-state index in [-0.39, 0.29) is 6.10 Å². The molecule has 6 nitrogen and oxygen atoms in total. The average Bonchev–Trinajstić information content (AvgIpc) is 2.77. The Balaban J connectivity index is 2.76. The summed E-state index contributed by atoms with van der Waals surface area (Å²) in [7, 11) is 1.30. The number of carbonyl (C=O) groups excluding carboxylic acids is 2. The van der Waals surface area contributed by atoms with E-state index in [1.165, 1.54) is 12.0 Å². The van der Waals surface area contributed by atoms with E-state index in [4.69, 9.17) is 14.2 Å². The maximum atomic E-state index is 12.1. The molecule has 0 radical (unpaired) electrons. The maximum absolute atomic E-state index is 12.1. The normalized spacial score (nSPS) is 22.5. The minimum Gasteiger partial charge on any atom is -0.467 e. The lowest BCUT2D eigenvalue weighted by Crippen LogP contribution is -2.44. The molecular formula is C14H23NO5. The number of nitrogens with zero attached hydrogens (tertiary/aromatic N) is 1. The van der Waals surface area contributed by atoms with Crippen molar-refractivity contribution in [1.82, 2.24) is 4.90 Å². The lowest BCUT2D eigenvalue weighted by atomic mass is 10.2. The Kier molecular flexibility index (Phi) is 5.56. The van der Waals surface area contributed by atoms with Crippen molar-refractivity contribution in [3.05, 3.63) is 12.7 Å². The number of hydrogen-bond donors (Lipinski definition) is 0. The Hall–Kier alpha value is -1.56. The number of likely N-dealkylation sites (tertiary alicyclic amines) is 1. The van der Waals surface area contributed by atoms with E-state index in [2.05, 4.69) is 6.58 Å². The smallest absolute Gasteiger partial charge is 0.411 e. The first-order valence-electron chi connectivity index (χ1n) is 6.58. The molecule has 1 aliphatic rings. The Bertz CT molecular complexity index is 374. The third kappa shape index (κ3) is 4.52. The summed E-state index contributed by atoms with van der Waals surface area (Å²) in [4.78, 5) is 25.3. The zero-order valence-corrected chi connectivity index (χ0v) is 12.5. The molecule has 0 aromatic heterocycles. The zero-order chi connectivity index (χ0) is 15.3. The van der Waals surface area contributed by atoms with Gasteiger partial charge in [-0.2, -0.15) is 0 Å². The second kappa shape index (κ2) is 6.74. The molecule has 0 N–H and O–H groups in total. The fourth-order valence-electron chi connectivity index (χ4n) is 2.00. The van der Waals surface area contributed by atoms with Crippen LogP contribution in [0, 0.1) is 0 Å². The van der Waals surface area contributed by atoms with Crippen LogP contribution < -0.4 is 0 Å². The van der Waals surface area contributed by atoms with Crippen molar-refractivity contribution in [3.63, 3.8) is 0 Å². The van der Waals surface area contributed by atoms with Crippen LogP contribution in [-0.4, -0.2) is 55.0 Å². The molecule has 0 saturated carbocycles. The maximum Gasteiger partial charge on any atom is 0.411 e. The molecule has 0 aliphatic carbocycles. The van der Waals surface area contributed by atoms with Crippen molar-refractivity contribution < 1.29 is 23.8 Å². The van der Waals surface area contributed by atoms with Crippen molar-refractivity contribution in [2.75, 3.05) is 20.3 Å². The summed E-state index contributed by atoms with van der Waals surface area (Å²) >= 11 is 0. The highest BCUT2D eigenvalue weighted by molar-refractivity contribution is 5.82. The van der Waals surface area contributed by atoms with Crippen LogP contribution in [0.3, 0.4) is 0 Å². The van der Waals surface area contributed by atoms with Gasteiger partial charge in [0, 0.05) is 6.42 Å². The van der Waals surface area contributed by atoms with Crippen LogP contribution in [0.5, 0.6) is 0 Å². The van der Waals surface area contributed by atoms with Crippen LogP contribution in [0.4, 0.5) is 4.79 Å². The second-order valence-electron chi connectivity index (χ2n) is 5.65. The molecule has 114 valence electrons. The topological polar surface area (TPSA) is 65.1 Å². The summed E-state index contributed by atoms with van der Waals surface area (Å²) in [6.07, 6.45) is 1.28. The van der Waals surface area contributed by atoms with Gasteiger partial charge in [-0.05, 0) is 20.8 Å². The number of rotatable bonds is 4. The summed E-state index contributed by atoms with van der Waals surface area (Å²) in [6.45, 7) is 9.59. The SMILES string of the molecule is C=CCOC1C[C@@H](C(=O)OC)N(C(=O)OC(C)(C)C)C1. The molecule has 0 aromatic rings. The van der Waals surface area contributed by atoms with Crippen LogP contribution in [0.15, 0.2) is 12.7 Å². The highest BCUT2D eigenvalue weighted by atomic mass is 16.6. The van der Waals surface area contributed by atoms with Gasteiger partial charge in [-0.3, -0.25) is 4.90 Å². The van der Waals surface area contributed by atoms with E-state index in [0.717, 1.165) is 0 Å². The van der Waals surface area contributed by atoms with Gasteiger partial charge in [-0.1, -0.05) is 6.08 Å². The molecule has 20 heavy (non-hydrogen) atoms. The van der Waals surface area contributed by atoms with Gasteiger partial charge in [0.25, 0.3) is 0 Å². The van der Waals surface area contributed by atoms with Gasteiger partial charge >= 0.3 is 12.1 Å². The largest absolute Gasteiger partial charge is 0.467 e. The van der Waals surface area contributed by atoms with Crippen LogP contribution >= 0.6 is 0 Å². The second-order valence-corrected chi connectivity index (χ2v) is 5.65. The van der Waals surface area contributed by atoms with Crippen LogP contribution in [0.25, 0.3) is 0 Å². The number of amides is 1. The van der Waals surface area contributed by atoms with E-state index in [1.54, 1.807) is 26.8 Å². The molecule has 1 saturated heterocycles. The van der Waals surface area contributed by atoms with Gasteiger partial charge < -0.3 is 14.2 Å². The summed E-state index contributed by atoms with van der Waals surface area (Å²) in [5.41, 5.74) is -0.613. The highest BCUT2D eigenvalue weighted by Gasteiger charge is 2.42. The molecule has 1 fully saturated rings. The lowest BCUT2D eigenvalue weighted by Gasteiger charge is -2.27. The van der Waals surface area contributed by atoms with Gasteiger partial charge in [-0.15, -0.1) is 6.58 Å². The number of esters is 1. The first-order valence-corrected chi connectivity index (χ1v) is 6.58. The van der Waals surface area contributed by atoms with Gasteiger partial charge in [0.1, 0.15) is 11.6 Å². The third-order valence-electron chi connectivity index (χ3n) is 2.81. The molecule has 0 spiro atoms. The van der Waals surface area contributed by atoms with Crippen LogP contribution in [0.1, 0.15) is 27.2 Å². The average molecular weight is 285 g/mol. The van der Waals surface area contributed by atoms with E-state index in [1.807, 2.05) is 0 Å². The number of carbonyl (C=O) groups is 2. The van der Waals surface area contributed by atoms with E-state index in [9.17, 15) is 9.59 Å². The van der Waals surface area contributed by atoms with Gasteiger partial charge in [0.15, 0.2) is 0 Å². The zero-order valence-electron chi connectivity index (χ0n) is 12.5. The van der Waals surface area contributed by atoms with Crippen LogP contribution in [0.2, 0.25) is 0 Å². The summed E-state index contributed by atoms with van der Waals surface area (Å²) in [6, 6.07) is -0.662. The fraction of sp³-hybridized carbons (Fsp3) is 0.714. The Labute approximate surface area is 119 Å². The number of ether oxygens (including phenoxy) is 3. The number of methoxy groups -OCH3 is 1. The van der Waals surface area contributed by atoms with Crippen LogP contribution in [-0.2, 0) is 19.0 Å². The van der Waals surface area contributed by atoms with Crippen molar-refractivity contribution in [1.29, 1.82) is 0 Å². The fourth-order valence-corrected chi connectivity index (χ4v) is 2.00. The monoisotopic (exact) mass is 285 g/mol. The molecule has 2 atom stereocenters. The molecule has 1 amide bonds. The Morgan fingerprint density at radius 3 is 2.55 bits per heavy atom. The molecule has 1 aliphatic heterocycles. The Morgan fingerprint density at radius 1 is 1.40 bits per heavy atom. The summed E-state index contributed by atoms with van der Waals surface area (Å²) in [5.74, 6) is -0.458. The molecular weight excluding hydrogens is 262 g/mol. The third-order valence-corrected chi connectivity index (χ3v) is 2.81. The van der Waals surface area contributed by atoms with Crippen molar-refractivity contribution >= 4 is 12.1 Å². The highest BCUT2D eigenvalue weighted by Crippen LogP contribution is 2.24. The van der Waals surface area contributed by atoms with Gasteiger partial charge in [0.05, 0.1) is 26.4 Å². The van der Waals surface area contributed by atoms with E-state index >= 15 is 0 Å². The standard InChI is InChI=1S/C14H23NO5/c1-6-7-19-10-8-11(12(16)18-5)15(9-10)13(17)20-14(2,3)4/h6,10-11H,1,7-9H2,2-5H3/t10?,11-/m0/s1. The van der Waals surface area contributed by atoms with Crippen molar-refractivity contribution in [2.24, 2.45) is 0 Å². The van der Waals surface area contributed by atoms with Crippen molar-refractivity contribution in [3.8, 4) is 0 Å². The predicted octanol–water partition coefficient (Wildman–Crippen LogP) is 1.74. The van der Waals surface area contributed by atoms with Gasteiger partial charge in [-0.25, -0.2) is 9.59 Å². The molecule has 1 heterocycles. The minimum absolute atomic E-state index is 0.218. The molecule has 0 aromatic carbocycles. The summed E-state index contributed by atoms with van der Waals surface area (Å²) < 4.78 is 15.5. The molecule has 6 heteroatoms. The summed E-state index contributed by atoms with van der Waals surface area (Å²) in [5, 5.41) is 0. The molecule has 1 rings (SSSR count). The van der Waals surface area contributed by atoms with E-state index < -0.39 is 23.7 Å². The van der Waals surface area contributed by atoms with Gasteiger partial charge in [0.2, 0.25) is 0 Å². The predicted molar refractivity (Wildman–Crippen MR) is 73.3 cm³/mol. The minimum atomic E-state index is -0.662. The first-order chi connectivity index (χ1) is 9.28.